The maximum atomic E-state index is 10.4. The standard InChI is InChI=1S/C8H9NO3/c10-8(11)3-5-1-2-7-6(5)4-9-12-7/h4-5H,1-3H2,(H,10,11). The van der Waals surface area contributed by atoms with E-state index in [2.05, 4.69) is 5.16 Å². The largest absolute Gasteiger partial charge is 0.481 e. The van der Waals surface area contributed by atoms with E-state index in [1.165, 1.54) is 0 Å². The number of hydrogen-bond donors (Lipinski definition) is 1. The van der Waals surface area contributed by atoms with Gasteiger partial charge < -0.3 is 9.63 Å². The van der Waals surface area contributed by atoms with Crippen molar-refractivity contribution in [3.8, 4) is 0 Å². The SMILES string of the molecule is O=C(O)CC1CCc2oncc21. The van der Waals surface area contributed by atoms with Crippen molar-refractivity contribution in [3.05, 3.63) is 17.5 Å². The molecule has 0 radical (unpaired) electrons. The molecule has 0 bridgehead atoms. The predicted octanol–water partition coefficient (Wildman–Crippen LogP) is 1.18. The Morgan fingerprint density at radius 3 is 3.42 bits per heavy atom. The van der Waals surface area contributed by atoms with Gasteiger partial charge in [0.1, 0.15) is 5.76 Å². The van der Waals surface area contributed by atoms with E-state index in [1.54, 1.807) is 6.20 Å². The van der Waals surface area contributed by atoms with Gasteiger partial charge in [0, 0.05) is 12.0 Å². The molecule has 1 aliphatic rings. The second kappa shape index (κ2) is 2.62. The quantitative estimate of drug-likeness (QED) is 0.718. The van der Waals surface area contributed by atoms with E-state index in [-0.39, 0.29) is 12.3 Å². The number of aliphatic carboxylic acids is 1. The fourth-order valence-corrected chi connectivity index (χ4v) is 1.68. The molecule has 12 heavy (non-hydrogen) atoms. The molecule has 4 heteroatoms. The molecular formula is C8H9NO3. The van der Waals surface area contributed by atoms with Gasteiger partial charge in [-0.15, -0.1) is 0 Å². The van der Waals surface area contributed by atoms with Crippen LogP contribution in [0.25, 0.3) is 0 Å². The van der Waals surface area contributed by atoms with Crippen molar-refractivity contribution < 1.29 is 14.4 Å². The fourth-order valence-electron chi connectivity index (χ4n) is 1.68. The van der Waals surface area contributed by atoms with Crippen molar-refractivity contribution in [3.63, 3.8) is 0 Å². The molecule has 1 aromatic heterocycles. The summed E-state index contributed by atoms with van der Waals surface area (Å²) in [4.78, 5) is 10.4. The van der Waals surface area contributed by atoms with Crippen molar-refractivity contribution in [2.24, 2.45) is 0 Å². The molecular weight excluding hydrogens is 158 g/mol. The molecule has 0 aliphatic heterocycles. The molecule has 1 N–H and O–H groups in total. The highest BCUT2D eigenvalue weighted by Crippen LogP contribution is 2.34. The summed E-state index contributed by atoms with van der Waals surface area (Å²) >= 11 is 0. The Hall–Kier alpha value is -1.32. The number of carbonyl (C=O) groups is 1. The zero-order chi connectivity index (χ0) is 8.55. The van der Waals surface area contributed by atoms with E-state index in [0.29, 0.717) is 0 Å². The van der Waals surface area contributed by atoms with Crippen LogP contribution in [0, 0.1) is 0 Å². The third kappa shape index (κ3) is 1.09. The van der Waals surface area contributed by atoms with Crippen LogP contribution in [0.3, 0.4) is 0 Å². The van der Waals surface area contributed by atoms with Crippen molar-refractivity contribution in [2.75, 3.05) is 0 Å². The van der Waals surface area contributed by atoms with E-state index >= 15 is 0 Å². The molecule has 1 aliphatic carbocycles. The van der Waals surface area contributed by atoms with Crippen molar-refractivity contribution >= 4 is 5.97 Å². The average Bonchev–Trinajstić information content (AvgIpc) is 2.52. The molecule has 1 atom stereocenters. The van der Waals surface area contributed by atoms with Gasteiger partial charge in [0.05, 0.1) is 12.6 Å². The van der Waals surface area contributed by atoms with Crippen LogP contribution in [0.2, 0.25) is 0 Å². The normalized spacial score (nSPS) is 20.8. The summed E-state index contributed by atoms with van der Waals surface area (Å²) in [5.41, 5.74) is 0.984. The number of nitrogens with zero attached hydrogens (tertiary/aromatic N) is 1. The highest BCUT2D eigenvalue weighted by molar-refractivity contribution is 5.68. The molecule has 4 nitrogen and oxygen atoms in total. The first-order valence-electron chi connectivity index (χ1n) is 3.92. The van der Waals surface area contributed by atoms with E-state index in [9.17, 15) is 4.79 Å². The number of rotatable bonds is 2. The zero-order valence-electron chi connectivity index (χ0n) is 6.49. The van der Waals surface area contributed by atoms with Crippen LogP contribution in [0.4, 0.5) is 0 Å². The lowest BCUT2D eigenvalue weighted by Gasteiger charge is -2.02. The minimum Gasteiger partial charge on any atom is -0.481 e. The summed E-state index contributed by atoms with van der Waals surface area (Å²) in [5.74, 6) is 0.221. The van der Waals surface area contributed by atoms with E-state index in [4.69, 9.17) is 9.63 Å². The predicted molar refractivity (Wildman–Crippen MR) is 39.8 cm³/mol. The third-order valence-corrected chi connectivity index (χ3v) is 2.26. The number of fused-ring (bicyclic) bond motifs is 1. The second-order valence-corrected chi connectivity index (χ2v) is 3.04. The number of hydrogen-bond acceptors (Lipinski definition) is 3. The lowest BCUT2D eigenvalue weighted by Crippen LogP contribution is -2.02. The van der Waals surface area contributed by atoms with Gasteiger partial charge >= 0.3 is 5.97 Å². The Balaban J connectivity index is 2.17. The first-order valence-corrected chi connectivity index (χ1v) is 3.92. The Morgan fingerprint density at radius 1 is 1.83 bits per heavy atom. The van der Waals surface area contributed by atoms with Gasteiger partial charge in [0.2, 0.25) is 0 Å². The van der Waals surface area contributed by atoms with Gasteiger partial charge in [-0.25, -0.2) is 0 Å². The van der Waals surface area contributed by atoms with Crippen molar-refractivity contribution in [1.29, 1.82) is 0 Å². The highest BCUT2D eigenvalue weighted by atomic mass is 16.5. The van der Waals surface area contributed by atoms with E-state index < -0.39 is 5.97 Å². The monoisotopic (exact) mass is 167 g/mol. The lowest BCUT2D eigenvalue weighted by molar-refractivity contribution is -0.137. The van der Waals surface area contributed by atoms with Crippen LogP contribution in [-0.2, 0) is 11.2 Å². The summed E-state index contributed by atoms with van der Waals surface area (Å²) in [7, 11) is 0. The van der Waals surface area contributed by atoms with Crippen LogP contribution in [0.5, 0.6) is 0 Å². The fraction of sp³-hybridized carbons (Fsp3) is 0.500. The number of aromatic nitrogens is 1. The summed E-state index contributed by atoms with van der Waals surface area (Å²) in [6.45, 7) is 0. The number of carboxylic acids is 1. The molecule has 0 fully saturated rings. The first-order chi connectivity index (χ1) is 5.77. The molecule has 1 aromatic rings. The topological polar surface area (TPSA) is 63.3 Å². The van der Waals surface area contributed by atoms with Crippen LogP contribution in [0.15, 0.2) is 10.7 Å². The van der Waals surface area contributed by atoms with Crippen molar-refractivity contribution in [1.82, 2.24) is 5.16 Å². The van der Waals surface area contributed by atoms with Gasteiger partial charge in [-0.1, -0.05) is 5.16 Å². The van der Waals surface area contributed by atoms with Gasteiger partial charge in [-0.2, -0.15) is 0 Å². The van der Waals surface area contributed by atoms with Crippen LogP contribution < -0.4 is 0 Å². The maximum Gasteiger partial charge on any atom is 0.303 e. The minimum atomic E-state index is -0.756. The molecule has 0 spiro atoms. The molecule has 1 heterocycles. The smallest absolute Gasteiger partial charge is 0.303 e. The number of carboxylic acid groups (broad SMARTS) is 1. The molecule has 1 unspecified atom stereocenters. The summed E-state index contributed by atoms with van der Waals surface area (Å²) in [6, 6.07) is 0. The minimum absolute atomic E-state index is 0.115. The maximum absolute atomic E-state index is 10.4. The molecule has 0 amide bonds. The van der Waals surface area contributed by atoms with Crippen LogP contribution in [-0.4, -0.2) is 16.2 Å². The van der Waals surface area contributed by atoms with Gasteiger partial charge in [-0.3, -0.25) is 4.79 Å². The molecule has 2 rings (SSSR count). The summed E-state index contributed by atoms with van der Waals surface area (Å²) in [6.07, 6.45) is 3.53. The Kier molecular flexibility index (Phi) is 1.60. The average molecular weight is 167 g/mol. The Labute approximate surface area is 69.2 Å². The third-order valence-electron chi connectivity index (χ3n) is 2.26. The molecule has 0 saturated carbocycles. The van der Waals surface area contributed by atoms with Gasteiger partial charge in [0.25, 0.3) is 0 Å². The first kappa shape index (κ1) is 7.34. The van der Waals surface area contributed by atoms with E-state index in [1.807, 2.05) is 0 Å². The molecule has 64 valence electrons. The molecule has 0 saturated heterocycles. The second-order valence-electron chi connectivity index (χ2n) is 3.04. The van der Waals surface area contributed by atoms with Gasteiger partial charge in [0.15, 0.2) is 0 Å². The highest BCUT2D eigenvalue weighted by Gasteiger charge is 2.27. The number of aryl methyl sites for hydroxylation is 1. The van der Waals surface area contributed by atoms with Gasteiger partial charge in [-0.05, 0) is 12.3 Å². The summed E-state index contributed by atoms with van der Waals surface area (Å²) < 4.78 is 4.94. The lowest BCUT2D eigenvalue weighted by atomic mass is 10.0. The molecule has 0 aromatic carbocycles. The Bertz CT molecular complexity index is 305. The Morgan fingerprint density at radius 2 is 2.67 bits per heavy atom. The van der Waals surface area contributed by atoms with Crippen molar-refractivity contribution in [2.45, 2.75) is 25.2 Å². The van der Waals surface area contributed by atoms with E-state index in [0.717, 1.165) is 24.2 Å². The zero-order valence-corrected chi connectivity index (χ0v) is 6.49. The van der Waals surface area contributed by atoms with Crippen LogP contribution >= 0.6 is 0 Å². The van der Waals surface area contributed by atoms with Crippen LogP contribution in [0.1, 0.15) is 30.1 Å². The summed E-state index contributed by atoms with van der Waals surface area (Å²) in [5, 5.41) is 12.2.